The Balaban J connectivity index is 2.52. The van der Waals surface area contributed by atoms with E-state index in [1.807, 2.05) is 6.07 Å². The molecule has 0 aromatic carbocycles. The summed E-state index contributed by atoms with van der Waals surface area (Å²) in [5.41, 5.74) is -5.08. The maximum absolute atomic E-state index is 12.2. The first-order valence-corrected chi connectivity index (χ1v) is 6.93. The Morgan fingerprint density at radius 1 is 1.45 bits per heavy atom. The van der Waals surface area contributed by atoms with Crippen LogP contribution in [-0.4, -0.2) is 23.5 Å². The van der Waals surface area contributed by atoms with Gasteiger partial charge in [0.25, 0.3) is 0 Å². The molecule has 2 aromatic rings. The third-order valence-corrected chi connectivity index (χ3v) is 3.73. The lowest BCUT2D eigenvalue weighted by Gasteiger charge is -2.10. The highest BCUT2D eigenvalue weighted by Crippen LogP contribution is 2.30. The fourth-order valence-electron chi connectivity index (χ4n) is 1.35. The van der Waals surface area contributed by atoms with E-state index in [0.29, 0.717) is 0 Å². The number of nitriles is 1. The van der Waals surface area contributed by atoms with Crippen LogP contribution >= 0.6 is 15.9 Å². The largest absolute Gasteiger partial charge is 0.534 e. The molecule has 2 aromatic heterocycles. The van der Waals surface area contributed by atoms with Crippen LogP contribution in [-0.2, 0) is 10.1 Å². The number of alkyl halides is 3. The summed E-state index contributed by atoms with van der Waals surface area (Å²) >= 11 is 3.01. The second kappa shape index (κ2) is 4.64. The third-order valence-electron chi connectivity index (χ3n) is 2.15. The van der Waals surface area contributed by atoms with E-state index in [1.165, 1.54) is 6.20 Å². The lowest BCUT2D eigenvalue weighted by molar-refractivity contribution is -0.0500. The van der Waals surface area contributed by atoms with Crippen LogP contribution < -0.4 is 4.18 Å². The van der Waals surface area contributed by atoms with Gasteiger partial charge in [-0.05, 0) is 22.0 Å². The molecule has 20 heavy (non-hydrogen) atoms. The predicted octanol–water partition coefficient (Wildman–Crippen LogP) is 2.20. The molecule has 0 aliphatic rings. The van der Waals surface area contributed by atoms with Crippen molar-refractivity contribution >= 4 is 31.6 Å². The molecule has 0 unspecified atom stereocenters. The number of aromatic nitrogens is 2. The average molecular weight is 370 g/mol. The van der Waals surface area contributed by atoms with E-state index in [2.05, 4.69) is 25.2 Å². The summed E-state index contributed by atoms with van der Waals surface area (Å²) in [6.07, 6.45) is 2.10. The van der Waals surface area contributed by atoms with Gasteiger partial charge in [-0.15, -0.1) is 0 Å². The maximum atomic E-state index is 12.2. The van der Waals surface area contributed by atoms with Crippen LogP contribution in [0.3, 0.4) is 0 Å². The van der Waals surface area contributed by atoms with Crippen molar-refractivity contribution in [2.45, 2.75) is 5.51 Å². The molecule has 0 saturated heterocycles. The molecular formula is C9H3BrF3N3O3S. The first kappa shape index (κ1) is 14.6. The van der Waals surface area contributed by atoms with E-state index in [-0.39, 0.29) is 15.6 Å². The molecule has 0 saturated carbocycles. The number of pyridine rings is 1. The summed E-state index contributed by atoms with van der Waals surface area (Å²) in [5.74, 6) is -0.589. The minimum Gasteiger partial charge on any atom is -0.374 e. The minimum absolute atomic E-state index is 0.168. The van der Waals surface area contributed by atoms with E-state index < -0.39 is 21.4 Å². The van der Waals surface area contributed by atoms with Crippen molar-refractivity contribution in [1.29, 1.82) is 5.26 Å². The molecule has 0 radical (unpaired) electrons. The predicted molar refractivity (Wildman–Crippen MR) is 63.2 cm³/mol. The van der Waals surface area contributed by atoms with Crippen molar-refractivity contribution in [2.24, 2.45) is 0 Å². The standard InChI is InChI=1S/C9H3BrF3N3O3S/c10-7-1-6(19-20(17,18)9(11,12)13)4-16-8(7)5(2-14)3-15-16/h1,3-4H. The number of rotatable bonds is 2. The summed E-state index contributed by atoms with van der Waals surface area (Å²) in [6.45, 7) is 0. The molecule has 11 heteroatoms. The Hall–Kier alpha value is -1.80. The van der Waals surface area contributed by atoms with Crippen LogP contribution in [0.15, 0.2) is 22.9 Å². The van der Waals surface area contributed by atoms with Crippen molar-refractivity contribution in [2.75, 3.05) is 0 Å². The molecule has 0 aliphatic heterocycles. The fraction of sp³-hybridized carbons (Fsp3) is 0.111. The number of nitrogens with zero attached hydrogens (tertiary/aromatic N) is 3. The highest BCUT2D eigenvalue weighted by Gasteiger charge is 2.48. The van der Waals surface area contributed by atoms with Gasteiger partial charge in [-0.3, -0.25) is 0 Å². The molecule has 0 N–H and O–H groups in total. The topological polar surface area (TPSA) is 84.5 Å². The summed E-state index contributed by atoms with van der Waals surface area (Å²) in [5, 5.41) is 12.5. The van der Waals surface area contributed by atoms with Crippen molar-refractivity contribution in [1.82, 2.24) is 9.61 Å². The monoisotopic (exact) mass is 369 g/mol. The summed E-state index contributed by atoms with van der Waals surface area (Å²) < 4.78 is 63.5. The summed E-state index contributed by atoms with van der Waals surface area (Å²) in [4.78, 5) is 0. The molecule has 0 aliphatic carbocycles. The fourth-order valence-corrected chi connectivity index (χ4v) is 2.41. The minimum atomic E-state index is -5.76. The van der Waals surface area contributed by atoms with Crippen molar-refractivity contribution in [3.05, 3.63) is 28.5 Å². The Bertz CT molecular complexity index is 823. The van der Waals surface area contributed by atoms with Crippen molar-refractivity contribution in [3.63, 3.8) is 0 Å². The highest BCUT2D eigenvalue weighted by molar-refractivity contribution is 9.10. The van der Waals surface area contributed by atoms with Crippen LogP contribution in [0.25, 0.3) is 5.52 Å². The van der Waals surface area contributed by atoms with Gasteiger partial charge in [0.05, 0.1) is 23.5 Å². The van der Waals surface area contributed by atoms with Gasteiger partial charge in [-0.1, -0.05) is 0 Å². The van der Waals surface area contributed by atoms with E-state index in [9.17, 15) is 21.6 Å². The molecule has 0 fully saturated rings. The van der Waals surface area contributed by atoms with Gasteiger partial charge >= 0.3 is 15.6 Å². The number of hydrogen-bond donors (Lipinski definition) is 0. The van der Waals surface area contributed by atoms with E-state index in [0.717, 1.165) is 16.8 Å². The van der Waals surface area contributed by atoms with Crippen LogP contribution in [0.4, 0.5) is 13.2 Å². The van der Waals surface area contributed by atoms with Crippen LogP contribution in [0.5, 0.6) is 5.75 Å². The molecule has 0 atom stereocenters. The molecule has 2 heterocycles. The molecule has 0 amide bonds. The van der Waals surface area contributed by atoms with Gasteiger partial charge in [0.1, 0.15) is 6.07 Å². The first-order chi connectivity index (χ1) is 9.15. The Kier molecular flexibility index (Phi) is 3.39. The molecule has 0 bridgehead atoms. The van der Waals surface area contributed by atoms with Crippen molar-refractivity contribution in [3.8, 4) is 11.8 Å². The van der Waals surface area contributed by atoms with E-state index >= 15 is 0 Å². The molecular weight excluding hydrogens is 367 g/mol. The van der Waals surface area contributed by atoms with Gasteiger partial charge in [-0.25, -0.2) is 4.52 Å². The highest BCUT2D eigenvalue weighted by atomic mass is 79.9. The van der Waals surface area contributed by atoms with Gasteiger partial charge < -0.3 is 4.18 Å². The lowest BCUT2D eigenvalue weighted by atomic mass is 10.3. The van der Waals surface area contributed by atoms with Gasteiger partial charge in [0.2, 0.25) is 0 Å². The first-order valence-electron chi connectivity index (χ1n) is 4.73. The second-order valence-corrected chi connectivity index (χ2v) is 5.86. The van der Waals surface area contributed by atoms with E-state index in [4.69, 9.17) is 5.26 Å². The number of hydrogen-bond acceptors (Lipinski definition) is 5. The van der Waals surface area contributed by atoms with Crippen LogP contribution in [0, 0.1) is 11.3 Å². The van der Waals surface area contributed by atoms with Gasteiger partial charge in [0.15, 0.2) is 5.75 Å². The Labute approximate surface area is 118 Å². The van der Waals surface area contributed by atoms with Crippen molar-refractivity contribution < 1.29 is 25.8 Å². The molecule has 6 nitrogen and oxygen atoms in total. The Morgan fingerprint density at radius 3 is 2.65 bits per heavy atom. The summed E-state index contributed by atoms with van der Waals surface area (Å²) in [6, 6.07) is 2.83. The Morgan fingerprint density at radius 2 is 2.10 bits per heavy atom. The van der Waals surface area contributed by atoms with Gasteiger partial charge in [0, 0.05) is 4.47 Å². The van der Waals surface area contributed by atoms with Gasteiger partial charge in [-0.2, -0.15) is 31.9 Å². The molecule has 0 spiro atoms. The number of fused-ring (bicyclic) bond motifs is 1. The second-order valence-electron chi connectivity index (χ2n) is 3.47. The third kappa shape index (κ3) is 2.44. The SMILES string of the molecule is N#Cc1cnn2cc(OS(=O)(=O)C(F)(F)F)cc(Br)c12. The molecule has 2 rings (SSSR count). The quantitative estimate of drug-likeness (QED) is 0.598. The normalized spacial score (nSPS) is 12.3. The lowest BCUT2D eigenvalue weighted by Crippen LogP contribution is -2.28. The number of halogens is 4. The maximum Gasteiger partial charge on any atom is 0.534 e. The smallest absolute Gasteiger partial charge is 0.374 e. The van der Waals surface area contributed by atoms with Crippen LogP contribution in [0.1, 0.15) is 5.56 Å². The van der Waals surface area contributed by atoms with Crippen LogP contribution in [0.2, 0.25) is 0 Å². The molecule has 106 valence electrons. The zero-order valence-electron chi connectivity index (χ0n) is 9.22. The zero-order valence-corrected chi connectivity index (χ0v) is 11.6. The average Bonchev–Trinajstić information content (AvgIpc) is 2.70. The summed E-state index contributed by atoms with van der Waals surface area (Å²) in [7, 11) is -5.76. The van der Waals surface area contributed by atoms with E-state index in [1.54, 1.807) is 0 Å². The zero-order chi connectivity index (χ0) is 15.1.